The van der Waals surface area contributed by atoms with Crippen LogP contribution in [0.15, 0.2) is 18.2 Å². The van der Waals surface area contributed by atoms with Crippen molar-refractivity contribution in [3.8, 4) is 5.75 Å². The highest BCUT2D eigenvalue weighted by molar-refractivity contribution is 6.72. The van der Waals surface area contributed by atoms with Crippen LogP contribution < -0.4 is 4.74 Å². The molecule has 0 unspecified atom stereocenters. The minimum Gasteiger partial charge on any atom is -0.497 e. The molecule has 3 heteroatoms. The van der Waals surface area contributed by atoms with E-state index in [-0.39, 0.29) is 0 Å². The number of ether oxygens (including phenoxy) is 1. The van der Waals surface area contributed by atoms with Crippen LogP contribution in [-0.2, 0) is 10.8 Å². The average molecular weight is 333 g/mol. The SMILES string of the molecule is COc1ccc2c(c1)CC[C@@]1(C)[C@@H](O[Si](C)(C)C(C)C)CC[C@H]21. The summed E-state index contributed by atoms with van der Waals surface area (Å²) in [5.41, 5.74) is 4.02. The van der Waals surface area contributed by atoms with E-state index in [1.54, 1.807) is 12.7 Å². The molecule has 0 bridgehead atoms. The maximum atomic E-state index is 6.81. The van der Waals surface area contributed by atoms with Crippen molar-refractivity contribution < 1.29 is 9.16 Å². The van der Waals surface area contributed by atoms with Gasteiger partial charge in [0.1, 0.15) is 5.75 Å². The highest BCUT2D eigenvalue weighted by Gasteiger charge is 2.51. The van der Waals surface area contributed by atoms with Crippen LogP contribution in [0.2, 0.25) is 18.6 Å². The summed E-state index contributed by atoms with van der Waals surface area (Å²) in [6.45, 7) is 11.9. The first-order chi connectivity index (χ1) is 10.8. The van der Waals surface area contributed by atoms with Gasteiger partial charge in [-0.05, 0) is 78.9 Å². The molecule has 0 saturated heterocycles. The molecule has 0 aromatic heterocycles. The molecular weight excluding hydrogens is 300 g/mol. The fourth-order valence-corrected chi connectivity index (χ4v) is 5.81. The number of benzene rings is 1. The van der Waals surface area contributed by atoms with Gasteiger partial charge in [-0.2, -0.15) is 0 Å². The second-order valence-electron chi connectivity index (χ2n) is 8.57. The number of aryl methyl sites for hydroxylation is 1. The Morgan fingerprint density at radius 3 is 2.61 bits per heavy atom. The van der Waals surface area contributed by atoms with E-state index in [0.29, 0.717) is 23.0 Å². The summed E-state index contributed by atoms with van der Waals surface area (Å²) in [6.07, 6.45) is 5.32. The molecule has 0 radical (unpaired) electrons. The van der Waals surface area contributed by atoms with Gasteiger partial charge in [0.25, 0.3) is 0 Å². The molecule has 0 N–H and O–H groups in total. The van der Waals surface area contributed by atoms with Gasteiger partial charge in [0.05, 0.1) is 13.2 Å². The van der Waals surface area contributed by atoms with Gasteiger partial charge in [0.15, 0.2) is 8.32 Å². The highest BCUT2D eigenvalue weighted by Crippen LogP contribution is 2.57. The lowest BCUT2D eigenvalue weighted by Crippen LogP contribution is -2.45. The largest absolute Gasteiger partial charge is 0.497 e. The topological polar surface area (TPSA) is 18.5 Å². The van der Waals surface area contributed by atoms with Gasteiger partial charge in [-0.15, -0.1) is 0 Å². The molecule has 2 aliphatic carbocycles. The number of hydrogen-bond donors (Lipinski definition) is 0. The first-order valence-corrected chi connectivity index (χ1v) is 12.1. The van der Waals surface area contributed by atoms with E-state index < -0.39 is 8.32 Å². The summed E-state index contributed by atoms with van der Waals surface area (Å²) < 4.78 is 12.2. The van der Waals surface area contributed by atoms with Crippen molar-refractivity contribution in [1.82, 2.24) is 0 Å². The number of rotatable bonds is 4. The van der Waals surface area contributed by atoms with Crippen molar-refractivity contribution in [3.05, 3.63) is 29.3 Å². The quantitative estimate of drug-likeness (QED) is 0.675. The summed E-state index contributed by atoms with van der Waals surface area (Å²) in [6, 6.07) is 6.69. The maximum absolute atomic E-state index is 6.81. The minimum atomic E-state index is -1.60. The zero-order chi connectivity index (χ0) is 16.8. The first kappa shape index (κ1) is 17.0. The third kappa shape index (κ3) is 2.87. The predicted octanol–water partition coefficient (Wildman–Crippen LogP) is 5.53. The first-order valence-electron chi connectivity index (χ1n) is 9.12. The molecule has 1 fully saturated rings. The zero-order valence-corrected chi connectivity index (χ0v) is 16.6. The molecule has 128 valence electrons. The van der Waals surface area contributed by atoms with Crippen molar-refractivity contribution in [2.75, 3.05) is 7.11 Å². The van der Waals surface area contributed by atoms with Crippen molar-refractivity contribution in [2.24, 2.45) is 5.41 Å². The summed E-state index contributed by atoms with van der Waals surface area (Å²) in [4.78, 5) is 0. The molecule has 1 aromatic rings. The molecular formula is C20H32O2Si. The van der Waals surface area contributed by atoms with Gasteiger partial charge in [-0.25, -0.2) is 0 Å². The normalized spacial score (nSPS) is 30.2. The van der Waals surface area contributed by atoms with Crippen LogP contribution in [0.3, 0.4) is 0 Å². The molecule has 0 amide bonds. The number of hydrogen-bond acceptors (Lipinski definition) is 2. The van der Waals surface area contributed by atoms with E-state index in [1.165, 1.54) is 24.8 Å². The van der Waals surface area contributed by atoms with Crippen molar-refractivity contribution in [2.45, 2.75) is 77.1 Å². The van der Waals surface area contributed by atoms with Crippen LogP contribution in [0.5, 0.6) is 5.75 Å². The molecule has 3 rings (SSSR count). The molecule has 23 heavy (non-hydrogen) atoms. The van der Waals surface area contributed by atoms with Crippen molar-refractivity contribution in [3.63, 3.8) is 0 Å². The second-order valence-corrected chi connectivity index (χ2v) is 13.2. The number of methoxy groups -OCH3 is 1. The molecule has 0 heterocycles. The lowest BCUT2D eigenvalue weighted by Gasteiger charge is -2.44. The third-order valence-electron chi connectivity index (χ3n) is 6.74. The summed E-state index contributed by atoms with van der Waals surface area (Å²) in [7, 11) is 0.161. The Kier molecular flexibility index (Phi) is 4.39. The van der Waals surface area contributed by atoms with Crippen LogP contribution in [0.1, 0.15) is 57.1 Å². The summed E-state index contributed by atoms with van der Waals surface area (Å²) in [5.74, 6) is 1.64. The maximum Gasteiger partial charge on any atom is 0.189 e. The Morgan fingerprint density at radius 1 is 1.22 bits per heavy atom. The van der Waals surface area contributed by atoms with E-state index in [4.69, 9.17) is 9.16 Å². The Morgan fingerprint density at radius 2 is 1.96 bits per heavy atom. The molecule has 3 atom stereocenters. The summed E-state index contributed by atoms with van der Waals surface area (Å²) in [5, 5.41) is 0. The van der Waals surface area contributed by atoms with Crippen LogP contribution in [0.25, 0.3) is 0 Å². The van der Waals surface area contributed by atoms with Gasteiger partial charge in [0, 0.05) is 0 Å². The summed E-state index contributed by atoms with van der Waals surface area (Å²) >= 11 is 0. The fraction of sp³-hybridized carbons (Fsp3) is 0.700. The van der Waals surface area contributed by atoms with Gasteiger partial charge >= 0.3 is 0 Å². The lowest BCUT2D eigenvalue weighted by atomic mass is 9.66. The van der Waals surface area contributed by atoms with E-state index >= 15 is 0 Å². The molecule has 2 nitrogen and oxygen atoms in total. The Labute approximate surface area is 142 Å². The molecule has 0 spiro atoms. The van der Waals surface area contributed by atoms with Gasteiger partial charge in [-0.1, -0.05) is 26.8 Å². The fourth-order valence-electron chi connectivity index (χ4n) is 4.41. The van der Waals surface area contributed by atoms with E-state index in [0.717, 1.165) is 12.2 Å². The van der Waals surface area contributed by atoms with Crippen molar-refractivity contribution in [1.29, 1.82) is 0 Å². The van der Waals surface area contributed by atoms with E-state index in [9.17, 15) is 0 Å². The van der Waals surface area contributed by atoms with Crippen LogP contribution >= 0.6 is 0 Å². The molecule has 0 aliphatic heterocycles. The average Bonchev–Trinajstić information content (AvgIpc) is 2.83. The molecule has 1 aromatic carbocycles. The second kappa shape index (κ2) is 5.93. The van der Waals surface area contributed by atoms with Crippen LogP contribution in [0, 0.1) is 5.41 Å². The van der Waals surface area contributed by atoms with Gasteiger partial charge < -0.3 is 9.16 Å². The predicted molar refractivity (Wildman–Crippen MR) is 98.9 cm³/mol. The smallest absolute Gasteiger partial charge is 0.189 e. The Hall–Kier alpha value is -0.803. The van der Waals surface area contributed by atoms with Crippen LogP contribution in [-0.4, -0.2) is 21.5 Å². The van der Waals surface area contributed by atoms with Gasteiger partial charge in [-0.3, -0.25) is 0 Å². The third-order valence-corrected chi connectivity index (χ3v) is 10.4. The zero-order valence-electron chi connectivity index (χ0n) is 15.6. The van der Waals surface area contributed by atoms with Gasteiger partial charge in [0.2, 0.25) is 0 Å². The molecule has 1 saturated carbocycles. The van der Waals surface area contributed by atoms with Crippen LogP contribution in [0.4, 0.5) is 0 Å². The molecule has 2 aliphatic rings. The standard InChI is InChI=1S/C20H32O2Si/c1-14(2)23(5,6)22-19-10-9-18-17-8-7-16(21-4)13-15(17)11-12-20(18,19)3/h7-8,13-14,18-19H,9-12H2,1-6H3/t18-,19+,20-/m1/s1. The lowest BCUT2D eigenvalue weighted by molar-refractivity contribution is 0.0574. The Balaban J connectivity index is 1.87. The minimum absolute atomic E-state index is 0.306. The van der Waals surface area contributed by atoms with E-state index in [1.807, 2.05) is 0 Å². The Bertz CT molecular complexity index is 581. The monoisotopic (exact) mass is 332 g/mol. The highest BCUT2D eigenvalue weighted by atomic mass is 28.4. The van der Waals surface area contributed by atoms with Crippen molar-refractivity contribution >= 4 is 8.32 Å². The number of fused-ring (bicyclic) bond motifs is 3. The van der Waals surface area contributed by atoms with E-state index in [2.05, 4.69) is 52.1 Å².